The minimum absolute atomic E-state index is 0. The molecular formula is C14H19ClN2O3. The van der Waals surface area contributed by atoms with Gasteiger partial charge >= 0.3 is 5.97 Å². The van der Waals surface area contributed by atoms with Crippen LogP contribution in [0.1, 0.15) is 30.1 Å². The van der Waals surface area contributed by atoms with Gasteiger partial charge < -0.3 is 9.64 Å². The fourth-order valence-electron chi connectivity index (χ4n) is 2.26. The lowest BCUT2D eigenvalue weighted by molar-refractivity contribution is -0.149. The van der Waals surface area contributed by atoms with Crippen LogP contribution in [-0.4, -0.2) is 41.5 Å². The molecule has 1 aliphatic rings. The van der Waals surface area contributed by atoms with Crippen molar-refractivity contribution < 1.29 is 14.3 Å². The quantitative estimate of drug-likeness (QED) is 0.800. The monoisotopic (exact) mass is 298 g/mol. The summed E-state index contributed by atoms with van der Waals surface area (Å²) in [6, 6.07) is 3.42. The summed E-state index contributed by atoms with van der Waals surface area (Å²) in [5, 5.41) is 0. The molecule has 0 atom stereocenters. The summed E-state index contributed by atoms with van der Waals surface area (Å²) in [4.78, 5) is 29.5. The largest absolute Gasteiger partial charge is 0.466 e. The van der Waals surface area contributed by atoms with Crippen LogP contribution in [0.2, 0.25) is 0 Å². The van der Waals surface area contributed by atoms with Crippen LogP contribution >= 0.6 is 12.4 Å². The molecule has 20 heavy (non-hydrogen) atoms. The molecule has 5 nitrogen and oxygen atoms in total. The van der Waals surface area contributed by atoms with Crippen LogP contribution < -0.4 is 0 Å². The molecule has 0 aromatic carbocycles. The number of halogens is 1. The lowest BCUT2D eigenvalue weighted by Gasteiger charge is -2.30. The number of carbonyl (C=O) groups is 2. The first-order valence-corrected chi connectivity index (χ1v) is 6.58. The van der Waals surface area contributed by atoms with Gasteiger partial charge in [0.15, 0.2) is 0 Å². The normalized spacial score (nSPS) is 15.3. The Bertz CT molecular complexity index is 445. The number of ether oxygens (including phenoxy) is 1. The molecule has 1 saturated heterocycles. The molecule has 2 heterocycles. The molecule has 0 saturated carbocycles. The number of rotatable bonds is 3. The van der Waals surface area contributed by atoms with E-state index in [1.54, 1.807) is 36.4 Å². The summed E-state index contributed by atoms with van der Waals surface area (Å²) >= 11 is 0. The maximum Gasteiger partial charge on any atom is 0.309 e. The van der Waals surface area contributed by atoms with Crippen molar-refractivity contribution >= 4 is 24.3 Å². The van der Waals surface area contributed by atoms with Crippen LogP contribution in [0.5, 0.6) is 0 Å². The van der Waals surface area contributed by atoms with E-state index in [2.05, 4.69) is 4.98 Å². The van der Waals surface area contributed by atoms with E-state index in [9.17, 15) is 9.59 Å². The summed E-state index contributed by atoms with van der Waals surface area (Å²) in [6.07, 6.45) is 4.57. The molecule has 1 aromatic heterocycles. The zero-order valence-electron chi connectivity index (χ0n) is 11.4. The second kappa shape index (κ2) is 7.85. The van der Waals surface area contributed by atoms with E-state index in [0.717, 1.165) is 0 Å². The smallest absolute Gasteiger partial charge is 0.309 e. The molecule has 0 radical (unpaired) electrons. The number of pyridine rings is 1. The van der Waals surface area contributed by atoms with Gasteiger partial charge in [0, 0.05) is 31.0 Å². The lowest BCUT2D eigenvalue weighted by atomic mass is 9.96. The fourth-order valence-corrected chi connectivity index (χ4v) is 2.26. The minimum Gasteiger partial charge on any atom is -0.466 e. The van der Waals surface area contributed by atoms with E-state index in [1.165, 1.54) is 0 Å². The van der Waals surface area contributed by atoms with Gasteiger partial charge in [0.1, 0.15) is 0 Å². The van der Waals surface area contributed by atoms with Gasteiger partial charge in [-0.25, -0.2) is 0 Å². The lowest BCUT2D eigenvalue weighted by Crippen LogP contribution is -2.40. The van der Waals surface area contributed by atoms with E-state index >= 15 is 0 Å². The van der Waals surface area contributed by atoms with Crippen LogP contribution in [-0.2, 0) is 9.53 Å². The van der Waals surface area contributed by atoms with Gasteiger partial charge in [-0.05, 0) is 31.9 Å². The van der Waals surface area contributed by atoms with E-state index in [1.807, 2.05) is 0 Å². The molecule has 1 aromatic rings. The first-order chi connectivity index (χ1) is 9.22. The predicted octanol–water partition coefficient (Wildman–Crippen LogP) is 1.92. The number of carbonyl (C=O) groups excluding carboxylic acids is 2. The van der Waals surface area contributed by atoms with E-state index in [4.69, 9.17) is 4.74 Å². The van der Waals surface area contributed by atoms with Gasteiger partial charge in [0.25, 0.3) is 5.91 Å². The third-order valence-corrected chi connectivity index (χ3v) is 3.33. The number of nitrogens with zero attached hydrogens (tertiary/aromatic N) is 2. The second-order valence-electron chi connectivity index (χ2n) is 4.55. The Balaban J connectivity index is 0.00000200. The molecule has 6 heteroatoms. The van der Waals surface area contributed by atoms with Crippen molar-refractivity contribution in [2.75, 3.05) is 19.7 Å². The Morgan fingerprint density at radius 2 is 1.90 bits per heavy atom. The Kier molecular flexibility index (Phi) is 6.45. The number of likely N-dealkylation sites (tertiary alicyclic amines) is 1. The number of hydrogen-bond acceptors (Lipinski definition) is 4. The molecule has 1 aliphatic heterocycles. The summed E-state index contributed by atoms with van der Waals surface area (Å²) in [7, 11) is 0. The number of piperidine rings is 1. The van der Waals surface area contributed by atoms with Crippen LogP contribution in [0.4, 0.5) is 0 Å². The standard InChI is InChI=1S/C14H18N2O3.ClH/c1-2-19-14(18)12-5-9-16(10-6-12)13(17)11-3-7-15-8-4-11;/h3-4,7-8,12H,2,5-6,9-10H2,1H3;1H. The molecule has 0 aliphatic carbocycles. The van der Waals surface area contributed by atoms with Gasteiger partial charge in [0.2, 0.25) is 0 Å². The van der Waals surface area contributed by atoms with Gasteiger partial charge in [-0.2, -0.15) is 0 Å². The summed E-state index contributed by atoms with van der Waals surface area (Å²) in [5.74, 6) is -0.204. The Morgan fingerprint density at radius 3 is 2.45 bits per heavy atom. The van der Waals surface area contributed by atoms with Crippen molar-refractivity contribution in [1.29, 1.82) is 0 Å². The van der Waals surface area contributed by atoms with Crippen LogP contribution in [0.15, 0.2) is 24.5 Å². The summed E-state index contributed by atoms with van der Waals surface area (Å²) in [6.45, 7) is 3.42. The highest BCUT2D eigenvalue weighted by atomic mass is 35.5. The molecule has 1 fully saturated rings. The van der Waals surface area contributed by atoms with Gasteiger partial charge in [-0.3, -0.25) is 14.6 Å². The molecule has 110 valence electrons. The number of hydrogen-bond donors (Lipinski definition) is 0. The molecule has 0 N–H and O–H groups in total. The summed E-state index contributed by atoms with van der Waals surface area (Å²) < 4.78 is 5.01. The van der Waals surface area contributed by atoms with Crippen LogP contribution in [0, 0.1) is 5.92 Å². The van der Waals surface area contributed by atoms with Crippen molar-refractivity contribution in [3.8, 4) is 0 Å². The van der Waals surface area contributed by atoms with Crippen molar-refractivity contribution in [3.63, 3.8) is 0 Å². The zero-order chi connectivity index (χ0) is 13.7. The molecule has 0 spiro atoms. The maximum atomic E-state index is 12.2. The highest BCUT2D eigenvalue weighted by molar-refractivity contribution is 5.94. The highest BCUT2D eigenvalue weighted by Crippen LogP contribution is 2.20. The van der Waals surface area contributed by atoms with E-state index in [-0.39, 0.29) is 30.2 Å². The number of esters is 1. The van der Waals surface area contributed by atoms with Crippen LogP contribution in [0.25, 0.3) is 0 Å². The third kappa shape index (κ3) is 3.93. The highest BCUT2D eigenvalue weighted by Gasteiger charge is 2.28. The van der Waals surface area contributed by atoms with Crippen molar-refractivity contribution in [2.24, 2.45) is 5.92 Å². The first kappa shape index (κ1) is 16.4. The zero-order valence-corrected chi connectivity index (χ0v) is 12.3. The second-order valence-corrected chi connectivity index (χ2v) is 4.55. The molecular weight excluding hydrogens is 280 g/mol. The minimum atomic E-state index is -0.140. The Morgan fingerprint density at radius 1 is 1.30 bits per heavy atom. The van der Waals surface area contributed by atoms with Crippen molar-refractivity contribution in [3.05, 3.63) is 30.1 Å². The van der Waals surface area contributed by atoms with E-state index in [0.29, 0.717) is 38.1 Å². The molecule has 1 amide bonds. The van der Waals surface area contributed by atoms with Gasteiger partial charge in [0.05, 0.1) is 12.5 Å². The Labute approximate surface area is 124 Å². The third-order valence-electron chi connectivity index (χ3n) is 3.33. The van der Waals surface area contributed by atoms with Gasteiger partial charge in [-0.15, -0.1) is 12.4 Å². The topological polar surface area (TPSA) is 59.5 Å². The predicted molar refractivity (Wildman–Crippen MR) is 76.7 cm³/mol. The number of amides is 1. The first-order valence-electron chi connectivity index (χ1n) is 6.58. The average molecular weight is 299 g/mol. The average Bonchev–Trinajstić information content (AvgIpc) is 2.48. The molecule has 2 rings (SSSR count). The molecule has 0 unspecified atom stereocenters. The van der Waals surface area contributed by atoms with Crippen molar-refractivity contribution in [1.82, 2.24) is 9.88 Å². The van der Waals surface area contributed by atoms with Gasteiger partial charge in [-0.1, -0.05) is 0 Å². The SMILES string of the molecule is CCOC(=O)C1CCN(C(=O)c2ccncc2)CC1.Cl. The summed E-state index contributed by atoms with van der Waals surface area (Å²) in [5.41, 5.74) is 0.643. The maximum absolute atomic E-state index is 12.2. The van der Waals surface area contributed by atoms with Crippen LogP contribution in [0.3, 0.4) is 0 Å². The Hall–Kier alpha value is -1.62. The molecule has 0 bridgehead atoms. The fraction of sp³-hybridized carbons (Fsp3) is 0.500. The number of aromatic nitrogens is 1. The van der Waals surface area contributed by atoms with Crippen molar-refractivity contribution in [2.45, 2.75) is 19.8 Å². The van der Waals surface area contributed by atoms with E-state index < -0.39 is 0 Å².